The zero-order valence-electron chi connectivity index (χ0n) is 12.0. The Morgan fingerprint density at radius 1 is 1.38 bits per heavy atom. The Hall–Kier alpha value is -2.06. The molecule has 3 rings (SSSR count). The smallest absolute Gasteiger partial charge is 0.228 e. The van der Waals surface area contributed by atoms with Gasteiger partial charge >= 0.3 is 0 Å². The zero-order valence-corrected chi connectivity index (χ0v) is 12.0. The van der Waals surface area contributed by atoms with Crippen LogP contribution >= 0.6 is 0 Å². The Morgan fingerprint density at radius 3 is 2.67 bits per heavy atom. The molecular weight excluding hydrogens is 268 g/mol. The van der Waals surface area contributed by atoms with Crippen LogP contribution in [0.3, 0.4) is 0 Å². The van der Waals surface area contributed by atoms with E-state index in [1.807, 2.05) is 11.8 Å². The van der Waals surface area contributed by atoms with E-state index in [1.54, 1.807) is 24.3 Å². The molecule has 0 aliphatic carbocycles. The molecule has 0 aromatic heterocycles. The molecule has 0 spiro atoms. The molecule has 2 unspecified atom stereocenters. The minimum absolute atomic E-state index is 0.000798. The first kappa shape index (κ1) is 13.9. The summed E-state index contributed by atoms with van der Waals surface area (Å²) in [4.78, 5) is 14.1. The number of amides is 1. The van der Waals surface area contributed by atoms with Crippen LogP contribution in [0.4, 0.5) is 0 Å². The van der Waals surface area contributed by atoms with Crippen molar-refractivity contribution >= 4 is 5.91 Å². The van der Waals surface area contributed by atoms with Crippen LogP contribution in [0.25, 0.3) is 0 Å². The largest absolute Gasteiger partial charge is 0.487 e. The summed E-state index contributed by atoms with van der Waals surface area (Å²) in [5, 5.41) is 8.74. The number of nitriles is 1. The molecular formula is C16H18N2O3. The lowest BCUT2D eigenvalue weighted by Crippen LogP contribution is -2.58. The lowest BCUT2D eigenvalue weighted by Gasteiger charge is -2.40. The van der Waals surface area contributed by atoms with Gasteiger partial charge < -0.3 is 14.4 Å². The lowest BCUT2D eigenvalue weighted by molar-refractivity contribution is -0.145. The summed E-state index contributed by atoms with van der Waals surface area (Å²) in [7, 11) is 0. The van der Waals surface area contributed by atoms with Crippen LogP contribution in [0.5, 0.6) is 5.75 Å². The van der Waals surface area contributed by atoms with Crippen molar-refractivity contribution in [3.05, 3.63) is 29.8 Å². The molecule has 0 saturated carbocycles. The third-order valence-electron chi connectivity index (χ3n) is 4.14. The number of hydrogen-bond acceptors (Lipinski definition) is 4. The Bertz CT molecular complexity index is 558. The van der Waals surface area contributed by atoms with Crippen LogP contribution in [0, 0.1) is 17.2 Å². The molecule has 0 bridgehead atoms. The van der Waals surface area contributed by atoms with E-state index in [0.29, 0.717) is 25.3 Å². The van der Waals surface area contributed by atoms with Crippen molar-refractivity contribution in [3.8, 4) is 11.8 Å². The summed E-state index contributed by atoms with van der Waals surface area (Å²) in [6.45, 7) is 3.89. The van der Waals surface area contributed by atoms with Crippen molar-refractivity contribution in [1.29, 1.82) is 5.26 Å². The van der Waals surface area contributed by atoms with E-state index in [9.17, 15) is 4.79 Å². The monoisotopic (exact) mass is 286 g/mol. The molecule has 2 aliphatic rings. The van der Waals surface area contributed by atoms with Crippen molar-refractivity contribution in [3.63, 3.8) is 0 Å². The third-order valence-corrected chi connectivity index (χ3v) is 4.14. The number of carbonyl (C=O) groups excluding carboxylic acids is 1. The molecule has 2 atom stereocenters. The fourth-order valence-electron chi connectivity index (χ4n) is 2.78. The summed E-state index contributed by atoms with van der Waals surface area (Å²) >= 11 is 0. The van der Waals surface area contributed by atoms with Crippen molar-refractivity contribution in [1.82, 2.24) is 4.90 Å². The summed E-state index contributed by atoms with van der Waals surface area (Å²) in [6, 6.07) is 9.11. The van der Waals surface area contributed by atoms with Crippen molar-refractivity contribution in [2.24, 2.45) is 5.92 Å². The van der Waals surface area contributed by atoms with Gasteiger partial charge in [-0.15, -0.1) is 0 Å². The van der Waals surface area contributed by atoms with E-state index in [4.69, 9.17) is 14.7 Å². The average molecular weight is 286 g/mol. The Labute approximate surface area is 124 Å². The molecule has 110 valence electrons. The van der Waals surface area contributed by atoms with Gasteiger partial charge in [-0.3, -0.25) is 4.79 Å². The maximum atomic E-state index is 12.3. The number of likely N-dealkylation sites (tertiary alicyclic amines) is 1. The highest BCUT2D eigenvalue weighted by atomic mass is 16.5. The van der Waals surface area contributed by atoms with E-state index < -0.39 is 0 Å². The number of ether oxygens (including phenoxy) is 2. The fraction of sp³-hybridized carbons (Fsp3) is 0.500. The molecule has 0 N–H and O–H groups in total. The van der Waals surface area contributed by atoms with Crippen LogP contribution in [-0.2, 0) is 9.53 Å². The molecule has 2 aliphatic heterocycles. The molecule has 2 fully saturated rings. The van der Waals surface area contributed by atoms with Crippen molar-refractivity contribution in [2.45, 2.75) is 25.6 Å². The molecule has 2 saturated heterocycles. The van der Waals surface area contributed by atoms with Gasteiger partial charge in [-0.1, -0.05) is 0 Å². The average Bonchev–Trinajstić information content (AvgIpc) is 2.88. The number of carbonyl (C=O) groups is 1. The van der Waals surface area contributed by atoms with Crippen LogP contribution in [0.2, 0.25) is 0 Å². The van der Waals surface area contributed by atoms with Gasteiger partial charge in [0.15, 0.2) is 0 Å². The van der Waals surface area contributed by atoms with E-state index in [2.05, 4.69) is 6.07 Å². The molecule has 21 heavy (non-hydrogen) atoms. The summed E-state index contributed by atoms with van der Waals surface area (Å²) in [5.41, 5.74) is 0.614. The number of nitrogens with zero attached hydrogens (tertiary/aromatic N) is 2. The van der Waals surface area contributed by atoms with Crippen molar-refractivity contribution < 1.29 is 14.3 Å². The summed E-state index contributed by atoms with van der Waals surface area (Å²) in [5.74, 6) is 0.921. The predicted molar refractivity (Wildman–Crippen MR) is 75.7 cm³/mol. The highest BCUT2D eigenvalue weighted by molar-refractivity contribution is 5.80. The van der Waals surface area contributed by atoms with Crippen LogP contribution in [-0.4, -0.2) is 42.7 Å². The molecule has 1 aromatic carbocycles. The highest BCUT2D eigenvalue weighted by Crippen LogP contribution is 2.26. The third kappa shape index (κ3) is 2.86. The van der Waals surface area contributed by atoms with Crippen LogP contribution < -0.4 is 4.74 Å². The van der Waals surface area contributed by atoms with Crippen LogP contribution in [0.15, 0.2) is 24.3 Å². The second kappa shape index (κ2) is 5.74. The second-order valence-corrected chi connectivity index (χ2v) is 5.59. The number of benzene rings is 1. The van der Waals surface area contributed by atoms with Gasteiger partial charge in [-0.2, -0.15) is 5.26 Å². The first-order valence-corrected chi connectivity index (χ1v) is 7.24. The summed E-state index contributed by atoms with van der Waals surface area (Å²) < 4.78 is 11.2. The molecule has 5 heteroatoms. The minimum atomic E-state index is 0.000798. The SMILES string of the molecule is CC1OCCC1C(=O)N1CC(Oc2ccc(C#N)cc2)C1. The minimum Gasteiger partial charge on any atom is -0.487 e. The molecule has 5 nitrogen and oxygen atoms in total. The maximum absolute atomic E-state index is 12.3. The molecule has 0 radical (unpaired) electrons. The lowest BCUT2D eigenvalue weighted by atomic mass is 9.98. The van der Waals surface area contributed by atoms with Crippen molar-refractivity contribution in [2.75, 3.05) is 19.7 Å². The van der Waals surface area contributed by atoms with E-state index in [1.165, 1.54) is 0 Å². The molecule has 2 heterocycles. The Kier molecular flexibility index (Phi) is 3.80. The topological polar surface area (TPSA) is 62.6 Å². The fourth-order valence-corrected chi connectivity index (χ4v) is 2.78. The van der Waals surface area contributed by atoms with Gasteiger partial charge in [0, 0.05) is 6.61 Å². The van der Waals surface area contributed by atoms with Gasteiger partial charge in [-0.25, -0.2) is 0 Å². The quantitative estimate of drug-likeness (QED) is 0.846. The summed E-state index contributed by atoms with van der Waals surface area (Å²) in [6.07, 6.45) is 0.882. The van der Waals surface area contributed by atoms with Gasteiger partial charge in [0.25, 0.3) is 0 Å². The normalized spacial score (nSPS) is 25.2. The van der Waals surface area contributed by atoms with Gasteiger partial charge in [0.05, 0.1) is 36.7 Å². The van der Waals surface area contributed by atoms with Gasteiger partial charge in [0.2, 0.25) is 5.91 Å². The predicted octanol–water partition coefficient (Wildman–Crippen LogP) is 1.57. The van der Waals surface area contributed by atoms with E-state index in [0.717, 1.165) is 12.2 Å². The van der Waals surface area contributed by atoms with E-state index in [-0.39, 0.29) is 24.0 Å². The molecule has 1 aromatic rings. The first-order valence-electron chi connectivity index (χ1n) is 7.24. The Balaban J connectivity index is 1.49. The van der Waals surface area contributed by atoms with Crippen LogP contribution in [0.1, 0.15) is 18.9 Å². The number of rotatable bonds is 3. The zero-order chi connectivity index (χ0) is 14.8. The first-order chi connectivity index (χ1) is 10.2. The van der Waals surface area contributed by atoms with E-state index >= 15 is 0 Å². The maximum Gasteiger partial charge on any atom is 0.228 e. The second-order valence-electron chi connectivity index (χ2n) is 5.59. The van der Waals surface area contributed by atoms with Gasteiger partial charge in [-0.05, 0) is 37.6 Å². The Morgan fingerprint density at radius 2 is 2.10 bits per heavy atom. The van der Waals surface area contributed by atoms with Gasteiger partial charge in [0.1, 0.15) is 11.9 Å². The standard InChI is InChI=1S/C16H18N2O3/c1-11-15(6-7-20-11)16(19)18-9-14(10-18)21-13-4-2-12(8-17)3-5-13/h2-5,11,14-15H,6-7,9-10H2,1H3. The highest BCUT2D eigenvalue weighted by Gasteiger charge is 2.39. The number of hydrogen-bond donors (Lipinski definition) is 0. The molecule has 1 amide bonds.